The lowest BCUT2D eigenvalue weighted by Crippen LogP contribution is -2.04. The van der Waals surface area contributed by atoms with Crippen LogP contribution in [0.2, 0.25) is 0 Å². The maximum absolute atomic E-state index is 11.0. The largest absolute Gasteiger partial charge is 0.469 e. The van der Waals surface area contributed by atoms with E-state index < -0.39 is 0 Å². The van der Waals surface area contributed by atoms with Crippen molar-refractivity contribution in [3.63, 3.8) is 0 Å². The first kappa shape index (κ1) is 15.6. The zero-order chi connectivity index (χ0) is 13.5. The second-order valence-electron chi connectivity index (χ2n) is 3.76. The summed E-state index contributed by atoms with van der Waals surface area (Å²) in [7, 11) is 1.42. The standard InChI is InChI=1S/C12H19BrN2O2S/c1-4-9-12(13)10(15(5-2)14-9)8-18-7-6-11(16)17-3/h4-8H2,1-3H3. The summed E-state index contributed by atoms with van der Waals surface area (Å²) in [6, 6.07) is 0. The Balaban J connectivity index is 2.55. The molecule has 0 fully saturated rings. The van der Waals surface area contributed by atoms with Gasteiger partial charge in [-0.2, -0.15) is 16.9 Å². The van der Waals surface area contributed by atoms with Crippen LogP contribution >= 0.6 is 27.7 Å². The third-order valence-electron chi connectivity index (χ3n) is 2.61. The molecule has 4 nitrogen and oxygen atoms in total. The molecule has 1 aromatic heterocycles. The number of hydrogen-bond acceptors (Lipinski definition) is 4. The van der Waals surface area contributed by atoms with Crippen molar-refractivity contribution in [1.82, 2.24) is 9.78 Å². The van der Waals surface area contributed by atoms with E-state index in [1.54, 1.807) is 11.8 Å². The molecule has 0 aliphatic carbocycles. The topological polar surface area (TPSA) is 44.1 Å². The minimum Gasteiger partial charge on any atom is -0.469 e. The fourth-order valence-corrected chi connectivity index (χ4v) is 3.41. The van der Waals surface area contributed by atoms with E-state index in [2.05, 4.69) is 39.6 Å². The van der Waals surface area contributed by atoms with Crippen molar-refractivity contribution in [1.29, 1.82) is 0 Å². The number of carbonyl (C=O) groups is 1. The predicted molar refractivity (Wildman–Crippen MR) is 77.8 cm³/mol. The summed E-state index contributed by atoms with van der Waals surface area (Å²) < 4.78 is 7.74. The van der Waals surface area contributed by atoms with Gasteiger partial charge in [0.1, 0.15) is 0 Å². The Kier molecular flexibility index (Phi) is 6.78. The summed E-state index contributed by atoms with van der Waals surface area (Å²) in [5.74, 6) is 1.48. The van der Waals surface area contributed by atoms with Gasteiger partial charge in [-0.3, -0.25) is 9.48 Å². The predicted octanol–water partition coefficient (Wildman–Crippen LogP) is 3.02. The van der Waals surface area contributed by atoms with E-state index in [1.807, 2.05) is 4.68 Å². The van der Waals surface area contributed by atoms with Gasteiger partial charge in [-0.05, 0) is 29.3 Å². The first-order valence-electron chi connectivity index (χ1n) is 6.02. The molecule has 0 atom stereocenters. The van der Waals surface area contributed by atoms with Crippen molar-refractivity contribution in [2.75, 3.05) is 12.9 Å². The molecule has 0 unspecified atom stereocenters. The van der Waals surface area contributed by atoms with Crippen molar-refractivity contribution in [2.24, 2.45) is 0 Å². The zero-order valence-corrected chi connectivity index (χ0v) is 13.4. The smallest absolute Gasteiger partial charge is 0.306 e. The Hall–Kier alpha value is -0.490. The number of aromatic nitrogens is 2. The van der Waals surface area contributed by atoms with E-state index in [4.69, 9.17) is 0 Å². The molecule has 0 radical (unpaired) electrons. The number of esters is 1. The van der Waals surface area contributed by atoms with Crippen LogP contribution in [0.4, 0.5) is 0 Å². The van der Waals surface area contributed by atoms with Crippen LogP contribution in [-0.4, -0.2) is 28.6 Å². The number of methoxy groups -OCH3 is 1. The summed E-state index contributed by atoms with van der Waals surface area (Å²) in [5.41, 5.74) is 2.30. The highest BCUT2D eigenvalue weighted by Gasteiger charge is 2.13. The van der Waals surface area contributed by atoms with Gasteiger partial charge in [0.25, 0.3) is 0 Å². The molecule has 18 heavy (non-hydrogen) atoms. The van der Waals surface area contributed by atoms with Crippen LogP contribution in [0.3, 0.4) is 0 Å². The fourth-order valence-electron chi connectivity index (χ4n) is 1.58. The third kappa shape index (κ3) is 4.02. The molecular formula is C12H19BrN2O2S. The van der Waals surface area contributed by atoms with Gasteiger partial charge >= 0.3 is 5.97 Å². The minimum atomic E-state index is -0.153. The molecule has 1 aromatic rings. The van der Waals surface area contributed by atoms with E-state index >= 15 is 0 Å². The Bertz CT molecular complexity index is 407. The number of carbonyl (C=O) groups excluding carboxylic acids is 1. The van der Waals surface area contributed by atoms with Gasteiger partial charge < -0.3 is 4.74 Å². The van der Waals surface area contributed by atoms with E-state index in [0.29, 0.717) is 6.42 Å². The second-order valence-corrected chi connectivity index (χ2v) is 5.65. The molecule has 6 heteroatoms. The molecule has 0 saturated carbocycles. The molecule has 0 aromatic carbocycles. The molecule has 0 aliphatic rings. The monoisotopic (exact) mass is 334 g/mol. The average molecular weight is 335 g/mol. The van der Waals surface area contributed by atoms with Gasteiger partial charge in [0, 0.05) is 18.1 Å². The molecular weight excluding hydrogens is 316 g/mol. The SMILES string of the molecule is CCc1nn(CC)c(CSCCC(=O)OC)c1Br. The van der Waals surface area contributed by atoms with Crippen molar-refractivity contribution >= 4 is 33.7 Å². The lowest BCUT2D eigenvalue weighted by molar-refractivity contribution is -0.140. The number of thioether (sulfide) groups is 1. The van der Waals surface area contributed by atoms with Crippen molar-refractivity contribution < 1.29 is 9.53 Å². The highest BCUT2D eigenvalue weighted by molar-refractivity contribution is 9.10. The van der Waals surface area contributed by atoms with Gasteiger partial charge in [0.05, 0.1) is 29.4 Å². The van der Waals surface area contributed by atoms with Crippen LogP contribution in [0.25, 0.3) is 0 Å². The zero-order valence-electron chi connectivity index (χ0n) is 11.0. The maximum atomic E-state index is 11.0. The van der Waals surface area contributed by atoms with E-state index in [-0.39, 0.29) is 5.97 Å². The first-order chi connectivity index (χ1) is 8.63. The summed E-state index contributed by atoms with van der Waals surface area (Å²) in [4.78, 5) is 11.0. The molecule has 102 valence electrons. The number of aryl methyl sites for hydroxylation is 2. The normalized spacial score (nSPS) is 10.7. The summed E-state index contributed by atoms with van der Waals surface area (Å²) in [5, 5.41) is 4.54. The molecule has 0 aliphatic heterocycles. The van der Waals surface area contributed by atoms with E-state index in [9.17, 15) is 4.79 Å². The molecule has 0 amide bonds. The quantitative estimate of drug-likeness (QED) is 0.568. The first-order valence-corrected chi connectivity index (χ1v) is 7.97. The van der Waals surface area contributed by atoms with E-state index in [1.165, 1.54) is 12.8 Å². The second kappa shape index (κ2) is 7.84. The Labute approximate surface area is 121 Å². The van der Waals surface area contributed by atoms with Gasteiger partial charge in [-0.15, -0.1) is 0 Å². The highest BCUT2D eigenvalue weighted by atomic mass is 79.9. The van der Waals surface area contributed by atoms with Crippen LogP contribution in [0.15, 0.2) is 4.47 Å². The van der Waals surface area contributed by atoms with Crippen LogP contribution in [0.1, 0.15) is 31.7 Å². The van der Waals surface area contributed by atoms with Crippen molar-refractivity contribution in [2.45, 2.75) is 39.0 Å². The molecule has 0 bridgehead atoms. The maximum Gasteiger partial charge on any atom is 0.306 e. The van der Waals surface area contributed by atoms with Crippen LogP contribution in [-0.2, 0) is 28.2 Å². The Morgan fingerprint density at radius 2 is 2.22 bits per heavy atom. The van der Waals surface area contributed by atoms with E-state index in [0.717, 1.165) is 34.6 Å². The summed E-state index contributed by atoms with van der Waals surface area (Å²) in [6.07, 6.45) is 1.38. The molecule has 1 rings (SSSR count). The van der Waals surface area contributed by atoms with Gasteiger partial charge in [0.2, 0.25) is 0 Å². The number of rotatable bonds is 7. The Morgan fingerprint density at radius 1 is 1.50 bits per heavy atom. The third-order valence-corrected chi connectivity index (χ3v) is 4.50. The van der Waals surface area contributed by atoms with Crippen molar-refractivity contribution in [3.05, 3.63) is 15.9 Å². The van der Waals surface area contributed by atoms with Gasteiger partial charge in [0.15, 0.2) is 0 Å². The number of hydrogen-bond donors (Lipinski definition) is 0. The van der Waals surface area contributed by atoms with Crippen LogP contribution in [0, 0.1) is 0 Å². The van der Waals surface area contributed by atoms with Crippen molar-refractivity contribution in [3.8, 4) is 0 Å². The molecule has 0 N–H and O–H groups in total. The molecule has 1 heterocycles. The summed E-state index contributed by atoms with van der Waals surface area (Å²) >= 11 is 5.34. The van der Waals surface area contributed by atoms with Crippen LogP contribution < -0.4 is 0 Å². The lowest BCUT2D eigenvalue weighted by atomic mass is 10.3. The number of ether oxygens (including phenoxy) is 1. The molecule has 0 spiro atoms. The Morgan fingerprint density at radius 3 is 2.78 bits per heavy atom. The number of halogens is 1. The van der Waals surface area contributed by atoms with Crippen LogP contribution in [0.5, 0.6) is 0 Å². The number of nitrogens with zero attached hydrogens (tertiary/aromatic N) is 2. The summed E-state index contributed by atoms with van der Waals surface area (Å²) in [6.45, 7) is 5.05. The fraction of sp³-hybridized carbons (Fsp3) is 0.667. The average Bonchev–Trinajstić information content (AvgIpc) is 2.70. The minimum absolute atomic E-state index is 0.153. The van der Waals surface area contributed by atoms with Gasteiger partial charge in [-0.1, -0.05) is 6.92 Å². The highest BCUT2D eigenvalue weighted by Crippen LogP contribution is 2.26. The molecule has 0 saturated heterocycles. The van der Waals surface area contributed by atoms with Gasteiger partial charge in [-0.25, -0.2) is 0 Å². The lowest BCUT2D eigenvalue weighted by Gasteiger charge is -2.05.